The fourth-order valence-electron chi connectivity index (χ4n) is 9.32. The van der Waals surface area contributed by atoms with Crippen LogP contribution < -0.4 is 0 Å². The topological polar surface area (TPSA) is 55.9 Å². The fourth-order valence-corrected chi connectivity index (χ4v) is 9.32. The van der Waals surface area contributed by atoms with Crippen molar-refractivity contribution in [3.8, 4) is 45.0 Å². The van der Waals surface area contributed by atoms with Gasteiger partial charge in [0.25, 0.3) is 0 Å². The first-order valence-corrected chi connectivity index (χ1v) is 20.3. The van der Waals surface area contributed by atoms with Crippen molar-refractivity contribution in [3.63, 3.8) is 0 Å². The molecule has 12 rings (SSSR count). The van der Waals surface area contributed by atoms with Crippen LogP contribution in [0.25, 0.3) is 110 Å². The van der Waals surface area contributed by atoms with Crippen molar-refractivity contribution in [1.29, 1.82) is 0 Å². The first-order chi connectivity index (χ1) is 29.7. The number of hydrogen-bond acceptors (Lipinski definition) is 3. The van der Waals surface area contributed by atoms with Crippen LogP contribution in [0.15, 0.2) is 200 Å². The number of fused-ring (bicyclic) bond motifs is 9. The average molecular weight is 769 g/mol. The van der Waals surface area contributed by atoms with Crippen LogP contribution in [0, 0.1) is 0 Å². The molecule has 0 atom stereocenters. The molecule has 0 spiro atoms. The Hall–Kier alpha value is -7.86. The van der Waals surface area contributed by atoms with Gasteiger partial charge in [-0.05, 0) is 94.2 Å². The van der Waals surface area contributed by atoms with Crippen molar-refractivity contribution in [1.82, 2.24) is 19.1 Å². The number of aromatic nitrogens is 4. The largest absolute Gasteiger partial charge is 0.392 e. The minimum Gasteiger partial charge on any atom is -0.392 e. The van der Waals surface area contributed by atoms with E-state index in [2.05, 4.69) is 161 Å². The Bertz CT molecular complexity index is 3620. The van der Waals surface area contributed by atoms with Gasteiger partial charge in [-0.2, -0.15) is 0 Å². The number of aliphatic hydroxyl groups is 1. The van der Waals surface area contributed by atoms with Gasteiger partial charge in [0, 0.05) is 44.0 Å². The summed E-state index contributed by atoms with van der Waals surface area (Å²) in [6.07, 6.45) is 0. The highest BCUT2D eigenvalue weighted by Crippen LogP contribution is 2.45. The molecule has 12 aromatic rings. The van der Waals surface area contributed by atoms with Gasteiger partial charge in [-0.3, -0.25) is 0 Å². The van der Waals surface area contributed by atoms with Gasteiger partial charge in [0.05, 0.1) is 51.1 Å². The number of rotatable bonds is 6. The summed E-state index contributed by atoms with van der Waals surface area (Å²) in [6, 6.07) is 70.9. The van der Waals surface area contributed by atoms with E-state index < -0.39 is 0 Å². The van der Waals surface area contributed by atoms with Crippen LogP contribution in [-0.4, -0.2) is 24.2 Å². The van der Waals surface area contributed by atoms with Crippen LogP contribution in [0.1, 0.15) is 5.56 Å². The van der Waals surface area contributed by atoms with Crippen molar-refractivity contribution in [2.45, 2.75) is 6.61 Å². The summed E-state index contributed by atoms with van der Waals surface area (Å²) in [5.41, 5.74) is 15.1. The monoisotopic (exact) mass is 768 g/mol. The van der Waals surface area contributed by atoms with Crippen molar-refractivity contribution < 1.29 is 5.11 Å². The number of hydrogen-bond donors (Lipinski definition) is 1. The summed E-state index contributed by atoms with van der Waals surface area (Å²) < 4.78 is 4.84. The van der Waals surface area contributed by atoms with E-state index in [4.69, 9.17) is 9.97 Å². The van der Waals surface area contributed by atoms with Gasteiger partial charge < -0.3 is 14.2 Å². The first kappa shape index (κ1) is 34.2. The third-order valence-electron chi connectivity index (χ3n) is 12.0. The van der Waals surface area contributed by atoms with Gasteiger partial charge in [0.1, 0.15) is 0 Å². The Balaban J connectivity index is 1.16. The molecule has 9 aromatic carbocycles. The SMILES string of the molecule is OCc1cccc(-c2nc3ccccc3nc2-c2ccc(-n3c4cc5c(cc4c4c6ccccc6c(-c6ccccc6)cc43)c3ccccc3n5-c3ccccc3)cc2)c1. The van der Waals surface area contributed by atoms with Crippen LogP contribution >= 0.6 is 0 Å². The highest BCUT2D eigenvalue weighted by molar-refractivity contribution is 6.27. The van der Waals surface area contributed by atoms with Crippen LogP contribution in [-0.2, 0) is 6.61 Å². The lowest BCUT2D eigenvalue weighted by Crippen LogP contribution is -1.98. The van der Waals surface area contributed by atoms with E-state index in [9.17, 15) is 5.11 Å². The number of benzene rings is 9. The molecule has 5 nitrogen and oxygen atoms in total. The Morgan fingerprint density at radius 2 is 0.950 bits per heavy atom. The van der Waals surface area contributed by atoms with E-state index >= 15 is 0 Å². The van der Waals surface area contributed by atoms with Crippen molar-refractivity contribution >= 4 is 65.4 Å². The molecule has 282 valence electrons. The molecule has 0 aliphatic heterocycles. The van der Waals surface area contributed by atoms with E-state index in [1.54, 1.807) is 0 Å². The zero-order chi connectivity index (χ0) is 39.7. The number of aliphatic hydroxyl groups excluding tert-OH is 1. The lowest BCUT2D eigenvalue weighted by molar-refractivity contribution is 0.282. The molecule has 5 heteroatoms. The lowest BCUT2D eigenvalue weighted by Gasteiger charge is -2.14. The van der Waals surface area contributed by atoms with Gasteiger partial charge in [0.15, 0.2) is 0 Å². The minimum absolute atomic E-state index is 0.0443. The average Bonchev–Trinajstić information content (AvgIpc) is 3.82. The zero-order valence-corrected chi connectivity index (χ0v) is 32.5. The van der Waals surface area contributed by atoms with Crippen LogP contribution in [0.3, 0.4) is 0 Å². The van der Waals surface area contributed by atoms with Crippen molar-refractivity contribution in [2.75, 3.05) is 0 Å². The second-order valence-corrected chi connectivity index (χ2v) is 15.5. The normalized spacial score (nSPS) is 11.8. The summed E-state index contributed by atoms with van der Waals surface area (Å²) >= 11 is 0. The predicted octanol–water partition coefficient (Wildman–Crippen LogP) is 13.5. The summed E-state index contributed by atoms with van der Waals surface area (Å²) in [6.45, 7) is -0.0443. The van der Waals surface area contributed by atoms with Gasteiger partial charge in [-0.15, -0.1) is 0 Å². The van der Waals surface area contributed by atoms with E-state index in [-0.39, 0.29) is 6.61 Å². The molecule has 0 bridgehead atoms. The number of nitrogens with zero attached hydrogens (tertiary/aromatic N) is 4. The lowest BCUT2D eigenvalue weighted by atomic mass is 9.94. The second kappa shape index (κ2) is 13.6. The summed E-state index contributed by atoms with van der Waals surface area (Å²) in [5, 5.41) is 17.3. The van der Waals surface area contributed by atoms with E-state index in [1.165, 1.54) is 49.0 Å². The molecular formula is C55H36N4O. The molecule has 0 saturated carbocycles. The Morgan fingerprint density at radius 1 is 0.367 bits per heavy atom. The molecule has 0 aliphatic rings. The summed E-state index contributed by atoms with van der Waals surface area (Å²) in [4.78, 5) is 10.4. The third kappa shape index (κ3) is 5.30. The molecule has 3 heterocycles. The fraction of sp³-hybridized carbons (Fsp3) is 0.0182. The predicted molar refractivity (Wildman–Crippen MR) is 248 cm³/mol. The van der Waals surface area contributed by atoms with Crippen molar-refractivity contribution in [2.24, 2.45) is 0 Å². The molecule has 3 aromatic heterocycles. The van der Waals surface area contributed by atoms with Gasteiger partial charge >= 0.3 is 0 Å². The summed E-state index contributed by atoms with van der Waals surface area (Å²) in [7, 11) is 0. The number of para-hydroxylation sites is 4. The van der Waals surface area contributed by atoms with Crippen LogP contribution in [0.2, 0.25) is 0 Å². The highest BCUT2D eigenvalue weighted by atomic mass is 16.3. The molecule has 0 aliphatic carbocycles. The highest BCUT2D eigenvalue weighted by Gasteiger charge is 2.22. The van der Waals surface area contributed by atoms with Crippen LogP contribution in [0.4, 0.5) is 0 Å². The van der Waals surface area contributed by atoms with Crippen molar-refractivity contribution in [3.05, 3.63) is 206 Å². The standard InChI is InChI=1S/C55H36N4O/c60-34-35-14-13-17-38(30-35)55-54(56-47-23-10-11-24-48(47)57-55)37-26-28-40(29-27-37)59-51-33-50-45(42-21-9-12-25-49(42)58(50)39-18-5-2-6-19-39)31-46(51)53-43-22-8-7-20-41(43)44(32-52(53)59)36-15-3-1-4-16-36/h1-33,60H,34H2. The third-order valence-corrected chi connectivity index (χ3v) is 12.0. The smallest absolute Gasteiger partial charge is 0.0973 e. The second-order valence-electron chi connectivity index (χ2n) is 15.5. The first-order valence-electron chi connectivity index (χ1n) is 20.3. The van der Waals surface area contributed by atoms with E-state index in [0.29, 0.717) is 0 Å². The Labute approximate surface area is 345 Å². The van der Waals surface area contributed by atoms with E-state index in [0.717, 1.165) is 67.0 Å². The molecule has 0 unspecified atom stereocenters. The molecule has 0 saturated heterocycles. The van der Waals surface area contributed by atoms with Gasteiger partial charge in [-0.25, -0.2) is 9.97 Å². The minimum atomic E-state index is -0.0443. The molecular weight excluding hydrogens is 733 g/mol. The molecule has 0 fully saturated rings. The maximum atomic E-state index is 10.0. The maximum Gasteiger partial charge on any atom is 0.0973 e. The Kier molecular flexibility index (Phi) is 7.77. The van der Waals surface area contributed by atoms with E-state index in [1.807, 2.05) is 48.5 Å². The molecule has 1 N–H and O–H groups in total. The van der Waals surface area contributed by atoms with Gasteiger partial charge in [0.2, 0.25) is 0 Å². The van der Waals surface area contributed by atoms with Gasteiger partial charge in [-0.1, -0.05) is 133 Å². The molecule has 0 amide bonds. The molecule has 60 heavy (non-hydrogen) atoms. The Morgan fingerprint density at radius 3 is 1.70 bits per heavy atom. The van der Waals surface area contributed by atoms with Crippen LogP contribution in [0.5, 0.6) is 0 Å². The maximum absolute atomic E-state index is 10.0. The zero-order valence-electron chi connectivity index (χ0n) is 32.5. The molecule has 0 radical (unpaired) electrons. The summed E-state index contributed by atoms with van der Waals surface area (Å²) in [5.74, 6) is 0. The quantitative estimate of drug-likeness (QED) is 0.183.